The fraction of sp³-hybridized carbons (Fsp3) is 0.800. The Morgan fingerprint density at radius 2 is 1.05 bits per heavy atom. The molecule has 1 fully saturated rings. The molecule has 21 heteroatoms. The van der Waals surface area contributed by atoms with Gasteiger partial charge in [0.05, 0.1) is 0 Å². The van der Waals surface area contributed by atoms with Gasteiger partial charge >= 0.3 is 0 Å². The second-order valence-corrected chi connectivity index (χ2v) is 25.6. The fourth-order valence-electron chi connectivity index (χ4n) is 9.29. The first-order valence-electron chi connectivity index (χ1n) is 30.0. The fourth-order valence-corrected chi connectivity index (χ4v) is 9.29. The lowest BCUT2D eigenvalue weighted by Crippen LogP contribution is -2.65. The van der Waals surface area contributed by atoms with E-state index in [4.69, 9.17) is 0 Å². The van der Waals surface area contributed by atoms with Crippen LogP contribution in [0, 0.1) is 23.7 Å². The lowest BCUT2D eigenvalue weighted by molar-refractivity contribution is -0.139. The molecule has 0 aliphatic carbocycles. The molecule has 7 atom stereocenters. The first-order valence-corrected chi connectivity index (χ1v) is 30.0. The molecule has 21 nitrogen and oxygen atoms in total. The Labute approximate surface area is 486 Å². The Morgan fingerprint density at radius 3 is 1.56 bits per heavy atom. The SMILES string of the molecule is CCCCCCCC[C@H](NC(=O)[C@@H]1CCCN1C(=O)/C=C/[C@@H](C)CC)C(=O)N[C@@H](CC(C)C)C(=O)NC(C)(C)C(=O)NC(CC(C)C)C(=O)N[C@@H](CC(C)C)C(=O)NC(C)(C)C(=O)NC(C)(C)C(=O)NCCC(=O)NC(C)CN(C)C. The van der Waals surface area contributed by atoms with E-state index in [2.05, 4.69) is 54.8 Å². The molecule has 1 heterocycles. The van der Waals surface area contributed by atoms with Crippen molar-refractivity contribution in [2.45, 2.75) is 254 Å². The Kier molecular flexibility index (Phi) is 32.1. The minimum atomic E-state index is -1.63. The molecule has 10 amide bonds. The van der Waals surface area contributed by atoms with Crippen molar-refractivity contribution in [1.82, 2.24) is 57.7 Å². The van der Waals surface area contributed by atoms with Crippen molar-refractivity contribution < 1.29 is 47.9 Å². The standard InChI is InChI=1S/C60H109N11O10/c1-19-21-22-23-24-25-27-43(63-54(78)47-28-26-33-71(47)49(73)30-29-41(9)20-2)50(74)64-45(35-39(5)6)52(76)67-59(13,14)56(80)66-44(34-38(3)4)51(75)65-46(36-40(7)8)53(77)68-60(15,16)57(81)69-58(11,12)55(79)61-32-31-48(72)62-42(10)37-70(17)18/h29-30,38-47H,19-28,31-37H2,1-18H3,(H,61,79)(H,62,72)(H,63,78)(H,64,74)(H,65,75)(H,66,80)(H,67,76)(H,68,77)(H,69,81)/b30-29+/t41-,42?,43-,44?,45-,46-,47-/m0/s1. The summed E-state index contributed by atoms with van der Waals surface area (Å²) in [4.78, 5) is 141. The van der Waals surface area contributed by atoms with Crippen molar-refractivity contribution in [3.05, 3.63) is 12.2 Å². The molecule has 1 aliphatic heterocycles. The van der Waals surface area contributed by atoms with Crippen molar-refractivity contribution in [3.8, 4) is 0 Å². The van der Waals surface area contributed by atoms with Crippen LogP contribution in [-0.2, 0) is 47.9 Å². The van der Waals surface area contributed by atoms with Gasteiger partial charge in [-0.1, -0.05) is 113 Å². The molecular formula is C60H109N11O10. The predicted octanol–water partition coefficient (Wildman–Crippen LogP) is 4.66. The van der Waals surface area contributed by atoms with Crippen molar-refractivity contribution in [1.29, 1.82) is 0 Å². The van der Waals surface area contributed by atoms with Crippen molar-refractivity contribution >= 4 is 59.1 Å². The number of amides is 10. The van der Waals surface area contributed by atoms with Crippen LogP contribution in [0.5, 0.6) is 0 Å². The van der Waals surface area contributed by atoms with Crippen LogP contribution in [0.2, 0.25) is 0 Å². The monoisotopic (exact) mass is 1140 g/mol. The van der Waals surface area contributed by atoms with Gasteiger partial charge in [0.1, 0.15) is 46.8 Å². The van der Waals surface area contributed by atoms with Gasteiger partial charge in [-0.05, 0) is 131 Å². The topological polar surface area (TPSA) is 285 Å². The number of nitrogens with zero attached hydrogens (tertiary/aromatic N) is 2. The number of hydrogen-bond acceptors (Lipinski definition) is 11. The maximum Gasteiger partial charge on any atom is 0.246 e. The first kappa shape index (κ1) is 73.4. The lowest BCUT2D eigenvalue weighted by Gasteiger charge is -2.34. The van der Waals surface area contributed by atoms with Crippen LogP contribution >= 0.6 is 0 Å². The van der Waals surface area contributed by atoms with Crippen LogP contribution in [0.3, 0.4) is 0 Å². The molecule has 0 radical (unpaired) electrons. The molecule has 2 unspecified atom stereocenters. The highest BCUT2D eigenvalue weighted by Gasteiger charge is 2.41. The van der Waals surface area contributed by atoms with Crippen LogP contribution < -0.4 is 47.9 Å². The van der Waals surface area contributed by atoms with Gasteiger partial charge in [-0.3, -0.25) is 47.9 Å². The largest absolute Gasteiger partial charge is 0.354 e. The number of nitrogens with one attached hydrogen (secondary N) is 9. The molecule has 1 aliphatic rings. The van der Waals surface area contributed by atoms with E-state index in [9.17, 15) is 47.9 Å². The average molecular weight is 1140 g/mol. The molecule has 0 bridgehead atoms. The number of likely N-dealkylation sites (N-methyl/N-ethyl adjacent to an activating group) is 1. The number of rotatable bonds is 37. The number of likely N-dealkylation sites (tertiary alicyclic amines) is 1. The van der Waals surface area contributed by atoms with E-state index in [0.29, 0.717) is 38.8 Å². The van der Waals surface area contributed by atoms with Gasteiger partial charge in [0, 0.05) is 32.1 Å². The Balaban J connectivity index is 3.27. The summed E-state index contributed by atoms with van der Waals surface area (Å²) in [5, 5.41) is 25.2. The summed E-state index contributed by atoms with van der Waals surface area (Å²) in [5.74, 6) is -5.53. The molecule has 81 heavy (non-hydrogen) atoms. The van der Waals surface area contributed by atoms with Crippen LogP contribution in [0.1, 0.15) is 201 Å². The number of carbonyl (C=O) groups is 10. The van der Waals surface area contributed by atoms with E-state index in [0.717, 1.165) is 38.5 Å². The second kappa shape index (κ2) is 35.4. The van der Waals surface area contributed by atoms with Gasteiger partial charge < -0.3 is 57.7 Å². The predicted molar refractivity (Wildman–Crippen MR) is 318 cm³/mol. The van der Waals surface area contributed by atoms with Gasteiger partial charge in [-0.15, -0.1) is 0 Å². The highest BCUT2D eigenvalue weighted by atomic mass is 16.2. The first-order chi connectivity index (χ1) is 37.6. The molecular weight excluding hydrogens is 1030 g/mol. The normalized spacial score (nSPS) is 16.3. The van der Waals surface area contributed by atoms with E-state index in [1.165, 1.54) is 47.6 Å². The quantitative estimate of drug-likeness (QED) is 0.0305. The third-order valence-corrected chi connectivity index (χ3v) is 14.2. The minimum Gasteiger partial charge on any atom is -0.354 e. The molecule has 0 aromatic rings. The van der Waals surface area contributed by atoms with Gasteiger partial charge in [-0.2, -0.15) is 0 Å². The maximum atomic E-state index is 14.3. The Bertz CT molecular complexity index is 2110. The average Bonchev–Trinajstić information content (AvgIpc) is 3.85. The van der Waals surface area contributed by atoms with Crippen LogP contribution in [-0.4, -0.2) is 155 Å². The molecule has 0 spiro atoms. The summed E-state index contributed by atoms with van der Waals surface area (Å²) in [6.45, 7) is 29.3. The summed E-state index contributed by atoms with van der Waals surface area (Å²) in [6.07, 6.45) is 11.9. The smallest absolute Gasteiger partial charge is 0.246 e. The van der Waals surface area contributed by atoms with E-state index in [-0.39, 0.29) is 73.8 Å². The van der Waals surface area contributed by atoms with E-state index >= 15 is 0 Å². The summed E-state index contributed by atoms with van der Waals surface area (Å²) in [6, 6.07) is -5.28. The molecule has 0 aromatic carbocycles. The van der Waals surface area contributed by atoms with Crippen LogP contribution in [0.25, 0.3) is 0 Å². The molecule has 1 saturated heterocycles. The van der Waals surface area contributed by atoms with Gasteiger partial charge in [-0.25, -0.2) is 0 Å². The van der Waals surface area contributed by atoms with Crippen molar-refractivity contribution in [2.75, 3.05) is 33.7 Å². The zero-order valence-electron chi connectivity index (χ0n) is 52.9. The zero-order chi connectivity index (χ0) is 62.0. The number of allylic oxidation sites excluding steroid dienone is 1. The van der Waals surface area contributed by atoms with Gasteiger partial charge in [0.2, 0.25) is 59.1 Å². The third kappa shape index (κ3) is 27.8. The zero-order valence-corrected chi connectivity index (χ0v) is 52.9. The summed E-state index contributed by atoms with van der Waals surface area (Å²) < 4.78 is 0. The molecule has 464 valence electrons. The molecule has 0 aromatic heterocycles. The highest BCUT2D eigenvalue weighted by molar-refractivity contribution is 6.00. The number of unbranched alkanes of at least 4 members (excludes halogenated alkanes) is 5. The van der Waals surface area contributed by atoms with E-state index < -0.39 is 94.1 Å². The van der Waals surface area contributed by atoms with Crippen molar-refractivity contribution in [2.24, 2.45) is 23.7 Å². The second-order valence-electron chi connectivity index (χ2n) is 25.6. The summed E-state index contributed by atoms with van der Waals surface area (Å²) in [5.41, 5.74) is -4.65. The molecule has 0 saturated carbocycles. The Morgan fingerprint density at radius 1 is 0.568 bits per heavy atom. The van der Waals surface area contributed by atoms with Gasteiger partial charge in [0.25, 0.3) is 0 Å². The van der Waals surface area contributed by atoms with Crippen molar-refractivity contribution in [3.63, 3.8) is 0 Å². The summed E-state index contributed by atoms with van der Waals surface area (Å²) in [7, 11) is 3.80. The summed E-state index contributed by atoms with van der Waals surface area (Å²) >= 11 is 0. The minimum absolute atomic E-state index is 0.0300. The van der Waals surface area contributed by atoms with Gasteiger partial charge in [0.15, 0.2) is 0 Å². The molecule has 1 rings (SSSR count). The Hall–Kier alpha value is -5.60. The number of carbonyl (C=O) groups excluding carboxylic acids is 10. The highest BCUT2D eigenvalue weighted by Crippen LogP contribution is 2.21. The number of hydrogen-bond donors (Lipinski definition) is 9. The maximum absolute atomic E-state index is 14.3. The van der Waals surface area contributed by atoms with E-state index in [1.807, 2.05) is 87.4 Å². The van der Waals surface area contributed by atoms with E-state index in [1.54, 1.807) is 4.90 Å². The lowest BCUT2D eigenvalue weighted by atomic mass is 9.96. The van der Waals surface area contributed by atoms with Crippen LogP contribution in [0.4, 0.5) is 0 Å². The molecule has 9 N–H and O–H groups in total. The third-order valence-electron chi connectivity index (χ3n) is 14.2. The van der Waals surface area contributed by atoms with Crippen LogP contribution in [0.15, 0.2) is 12.2 Å².